The highest BCUT2D eigenvalue weighted by Gasteiger charge is 2.36. The summed E-state index contributed by atoms with van der Waals surface area (Å²) in [6, 6.07) is 11.1. The molecule has 2 aromatic carbocycles. The molecule has 10 heteroatoms. The predicted molar refractivity (Wildman–Crippen MR) is 137 cm³/mol. The normalized spacial score (nSPS) is 16.8. The number of halogens is 3. The van der Waals surface area contributed by atoms with Gasteiger partial charge in [-0.2, -0.15) is 0 Å². The molecule has 0 saturated carbocycles. The fourth-order valence-electron chi connectivity index (χ4n) is 3.52. The quantitative estimate of drug-likeness (QED) is 0.339. The van der Waals surface area contributed by atoms with Crippen LogP contribution in [0.2, 0.25) is 10.0 Å². The molecule has 0 aliphatic carbocycles. The van der Waals surface area contributed by atoms with Gasteiger partial charge in [-0.25, -0.2) is 4.39 Å². The first kappa shape index (κ1) is 25.7. The Kier molecular flexibility index (Phi) is 7.96. The van der Waals surface area contributed by atoms with Gasteiger partial charge in [-0.05, 0) is 43.7 Å². The molecule has 7 nitrogen and oxygen atoms in total. The van der Waals surface area contributed by atoms with Crippen LogP contribution in [0.3, 0.4) is 0 Å². The fraction of sp³-hybridized carbons (Fsp3) is 0.269. The fourth-order valence-corrected chi connectivity index (χ4v) is 3.98. The highest BCUT2D eigenvalue weighted by atomic mass is 35.5. The zero-order valence-electron chi connectivity index (χ0n) is 19.7. The van der Waals surface area contributed by atoms with Crippen molar-refractivity contribution in [2.24, 2.45) is 5.16 Å². The lowest BCUT2D eigenvalue weighted by molar-refractivity contribution is -0.0362. The summed E-state index contributed by atoms with van der Waals surface area (Å²) in [5.74, 6) is 0.0763. The van der Waals surface area contributed by atoms with E-state index in [4.69, 9.17) is 37.5 Å². The Balaban J connectivity index is 1.50. The molecule has 0 fully saturated rings. The van der Waals surface area contributed by atoms with Gasteiger partial charge < -0.3 is 19.6 Å². The molecule has 1 aliphatic rings. The van der Waals surface area contributed by atoms with Crippen LogP contribution in [0.25, 0.3) is 0 Å². The van der Waals surface area contributed by atoms with Gasteiger partial charge in [-0.3, -0.25) is 9.78 Å². The van der Waals surface area contributed by atoms with Gasteiger partial charge in [0.05, 0.1) is 28.1 Å². The number of carbonyl (C=O) groups is 1. The summed E-state index contributed by atoms with van der Waals surface area (Å²) < 4.78 is 25.5. The van der Waals surface area contributed by atoms with E-state index in [1.54, 1.807) is 30.3 Å². The number of ether oxygens (including phenoxy) is 2. The topological polar surface area (TPSA) is 82.0 Å². The van der Waals surface area contributed by atoms with Gasteiger partial charge in [0, 0.05) is 29.9 Å². The largest absolute Gasteiger partial charge is 0.490 e. The molecule has 2 heterocycles. The summed E-state index contributed by atoms with van der Waals surface area (Å²) in [7, 11) is 0. The van der Waals surface area contributed by atoms with E-state index in [9.17, 15) is 9.18 Å². The molecule has 0 saturated heterocycles. The van der Waals surface area contributed by atoms with Crippen molar-refractivity contribution in [3.8, 4) is 11.5 Å². The number of anilines is 1. The van der Waals surface area contributed by atoms with Crippen LogP contribution in [0.15, 0.2) is 60.0 Å². The first-order valence-corrected chi connectivity index (χ1v) is 12.0. The summed E-state index contributed by atoms with van der Waals surface area (Å²) >= 11 is 12.3. The van der Waals surface area contributed by atoms with Gasteiger partial charge in [0.1, 0.15) is 12.4 Å². The summed E-state index contributed by atoms with van der Waals surface area (Å²) in [4.78, 5) is 22.5. The number of rotatable bonds is 9. The van der Waals surface area contributed by atoms with Crippen LogP contribution < -0.4 is 14.8 Å². The van der Waals surface area contributed by atoms with E-state index in [1.165, 1.54) is 24.5 Å². The van der Waals surface area contributed by atoms with Crippen LogP contribution in [0.5, 0.6) is 11.5 Å². The summed E-state index contributed by atoms with van der Waals surface area (Å²) in [6.07, 6.45) is 4.00. The minimum absolute atomic E-state index is 0.116. The molecule has 188 valence electrons. The lowest BCUT2D eigenvalue weighted by atomic mass is 9.96. The van der Waals surface area contributed by atoms with Gasteiger partial charge in [-0.1, -0.05) is 47.4 Å². The van der Waals surface area contributed by atoms with Crippen molar-refractivity contribution in [1.82, 2.24) is 4.98 Å². The standard InChI is InChI=1S/C26H24Cl2FN3O4/c1-3-9-34-22-8-7-17(25(33)31-24-19(27)13-30-14-20(24)28)11-23(22)35-15-26(2)12-21(32-36-26)16-5-4-6-18(29)10-16/h4-8,10-11,13-14H,3,9,12,15H2,1-2H3,(H,30,31,33). The van der Waals surface area contributed by atoms with Crippen LogP contribution in [0.1, 0.15) is 42.6 Å². The molecule has 3 aromatic rings. The van der Waals surface area contributed by atoms with E-state index in [2.05, 4.69) is 15.5 Å². The monoisotopic (exact) mass is 531 g/mol. The maximum absolute atomic E-state index is 13.6. The highest BCUT2D eigenvalue weighted by molar-refractivity contribution is 6.39. The average Bonchev–Trinajstić information content (AvgIpc) is 3.26. The van der Waals surface area contributed by atoms with Crippen molar-refractivity contribution in [1.29, 1.82) is 0 Å². The van der Waals surface area contributed by atoms with Crippen LogP contribution in [-0.4, -0.2) is 35.4 Å². The molecule has 4 rings (SSSR count). The summed E-state index contributed by atoms with van der Waals surface area (Å²) in [5, 5.41) is 7.28. The van der Waals surface area contributed by atoms with Crippen LogP contribution in [0.4, 0.5) is 10.1 Å². The van der Waals surface area contributed by atoms with Crippen molar-refractivity contribution in [2.45, 2.75) is 32.3 Å². The van der Waals surface area contributed by atoms with E-state index in [0.717, 1.165) is 6.42 Å². The number of carbonyl (C=O) groups excluding carboxylic acids is 1. The van der Waals surface area contributed by atoms with E-state index in [0.29, 0.717) is 41.4 Å². The van der Waals surface area contributed by atoms with Gasteiger partial charge >= 0.3 is 0 Å². The third-order valence-corrected chi connectivity index (χ3v) is 5.94. The number of benzene rings is 2. The number of oxime groups is 1. The third-order valence-electron chi connectivity index (χ3n) is 5.37. The van der Waals surface area contributed by atoms with Gasteiger partial charge in [-0.15, -0.1) is 0 Å². The number of nitrogens with zero attached hydrogens (tertiary/aromatic N) is 2. The third kappa shape index (κ3) is 6.06. The molecule has 0 bridgehead atoms. The molecule has 1 N–H and O–H groups in total. The average molecular weight is 532 g/mol. The zero-order valence-corrected chi connectivity index (χ0v) is 21.2. The molecule has 1 amide bonds. The van der Waals surface area contributed by atoms with Gasteiger partial charge in [0.15, 0.2) is 17.1 Å². The number of amides is 1. The Hall–Kier alpha value is -3.36. The number of nitrogens with one attached hydrogen (secondary N) is 1. The lowest BCUT2D eigenvalue weighted by Gasteiger charge is -2.23. The second-order valence-corrected chi connectivity index (χ2v) is 9.31. The minimum atomic E-state index is -0.792. The van der Waals surface area contributed by atoms with Crippen molar-refractivity contribution >= 4 is 40.5 Å². The number of hydrogen-bond donors (Lipinski definition) is 1. The van der Waals surface area contributed by atoms with Crippen molar-refractivity contribution < 1.29 is 23.5 Å². The number of pyridine rings is 1. The van der Waals surface area contributed by atoms with E-state index < -0.39 is 11.5 Å². The SMILES string of the molecule is CCCOc1ccc(C(=O)Nc2c(Cl)cncc2Cl)cc1OCC1(C)CC(c2cccc(F)c2)=NO1. The van der Waals surface area contributed by atoms with Gasteiger partial charge in [0.25, 0.3) is 5.91 Å². The predicted octanol–water partition coefficient (Wildman–Crippen LogP) is 6.53. The number of aromatic nitrogens is 1. The molecule has 1 unspecified atom stereocenters. The Morgan fingerprint density at radius 1 is 1.14 bits per heavy atom. The molecule has 1 aliphatic heterocycles. The van der Waals surface area contributed by atoms with E-state index >= 15 is 0 Å². The lowest BCUT2D eigenvalue weighted by Crippen LogP contribution is -2.33. The Morgan fingerprint density at radius 3 is 2.64 bits per heavy atom. The maximum Gasteiger partial charge on any atom is 0.255 e. The molecular formula is C26H24Cl2FN3O4. The van der Waals surface area contributed by atoms with Crippen LogP contribution in [0, 0.1) is 5.82 Å². The van der Waals surface area contributed by atoms with Crippen LogP contribution >= 0.6 is 23.2 Å². The molecule has 1 aromatic heterocycles. The molecule has 1 atom stereocenters. The second kappa shape index (κ2) is 11.1. The Morgan fingerprint density at radius 2 is 1.92 bits per heavy atom. The molecule has 0 spiro atoms. The first-order valence-electron chi connectivity index (χ1n) is 11.3. The Labute approximate surface area is 218 Å². The van der Waals surface area contributed by atoms with E-state index in [1.807, 2.05) is 13.8 Å². The molecular weight excluding hydrogens is 508 g/mol. The second-order valence-electron chi connectivity index (χ2n) is 8.50. The Bertz CT molecular complexity index is 1280. The van der Waals surface area contributed by atoms with Crippen molar-refractivity contribution in [3.63, 3.8) is 0 Å². The maximum atomic E-state index is 13.6. The van der Waals surface area contributed by atoms with Gasteiger partial charge in [0.2, 0.25) is 0 Å². The summed E-state index contributed by atoms with van der Waals surface area (Å²) in [6.45, 7) is 4.43. The smallest absolute Gasteiger partial charge is 0.255 e. The minimum Gasteiger partial charge on any atom is -0.490 e. The summed E-state index contributed by atoms with van der Waals surface area (Å²) in [5.41, 5.74) is 1.06. The highest BCUT2D eigenvalue weighted by Crippen LogP contribution is 2.34. The zero-order chi connectivity index (χ0) is 25.7. The van der Waals surface area contributed by atoms with E-state index in [-0.39, 0.29) is 28.2 Å². The van der Waals surface area contributed by atoms with Crippen molar-refractivity contribution in [3.05, 3.63) is 81.8 Å². The first-order chi connectivity index (χ1) is 17.3. The van der Waals surface area contributed by atoms with Crippen molar-refractivity contribution in [2.75, 3.05) is 18.5 Å². The van der Waals surface area contributed by atoms with Crippen LogP contribution in [-0.2, 0) is 4.84 Å². The number of hydrogen-bond acceptors (Lipinski definition) is 6. The molecule has 36 heavy (non-hydrogen) atoms. The molecule has 0 radical (unpaired) electrons.